The Kier molecular flexibility index (Phi) is 8.23. The van der Waals surface area contributed by atoms with E-state index in [0.29, 0.717) is 25.3 Å². The summed E-state index contributed by atoms with van der Waals surface area (Å²) in [6, 6.07) is 12.5. The standard InChI is InChI=1S/C23H29FN4O3/c1-2-3-21(27-23(30)25-16-17-4-6-18(24)7-5-17)22(29)26-19-8-10-20(11-9-19)28-12-14-31-15-13-28/h4-11,21H,2-3,12-16H2,1H3,(H,26,29)(H2,25,27,30)/t21-/m1/s1. The number of urea groups is 1. The number of rotatable bonds is 8. The number of morpholine rings is 1. The van der Waals surface area contributed by atoms with Gasteiger partial charge in [-0.2, -0.15) is 0 Å². The molecule has 0 spiro atoms. The van der Waals surface area contributed by atoms with Crippen LogP contribution in [0.5, 0.6) is 0 Å². The van der Waals surface area contributed by atoms with Crippen molar-refractivity contribution < 1.29 is 18.7 Å². The zero-order valence-electron chi connectivity index (χ0n) is 17.7. The SMILES string of the molecule is CCC[C@@H](NC(=O)NCc1ccc(F)cc1)C(=O)Nc1ccc(N2CCOCC2)cc1. The van der Waals surface area contributed by atoms with Crippen LogP contribution in [-0.4, -0.2) is 44.3 Å². The maximum Gasteiger partial charge on any atom is 0.315 e. The number of hydrogen-bond donors (Lipinski definition) is 3. The first-order valence-electron chi connectivity index (χ1n) is 10.6. The number of amides is 3. The number of carbonyl (C=O) groups excluding carboxylic acids is 2. The predicted molar refractivity (Wildman–Crippen MR) is 119 cm³/mol. The molecule has 0 bridgehead atoms. The Morgan fingerprint density at radius 1 is 1.06 bits per heavy atom. The fraction of sp³-hybridized carbons (Fsp3) is 0.391. The van der Waals surface area contributed by atoms with E-state index in [0.717, 1.165) is 30.8 Å². The molecule has 0 saturated carbocycles. The molecule has 7 nitrogen and oxygen atoms in total. The van der Waals surface area contributed by atoms with Crippen molar-refractivity contribution in [3.8, 4) is 0 Å². The first kappa shape index (κ1) is 22.6. The van der Waals surface area contributed by atoms with Crippen LogP contribution in [0.25, 0.3) is 0 Å². The number of nitrogens with zero attached hydrogens (tertiary/aromatic N) is 1. The van der Waals surface area contributed by atoms with Crippen LogP contribution >= 0.6 is 0 Å². The zero-order chi connectivity index (χ0) is 22.1. The molecule has 31 heavy (non-hydrogen) atoms. The van der Waals surface area contributed by atoms with Gasteiger partial charge in [0.2, 0.25) is 5.91 Å². The molecule has 0 radical (unpaired) electrons. The first-order chi connectivity index (χ1) is 15.0. The summed E-state index contributed by atoms with van der Waals surface area (Å²) in [7, 11) is 0. The van der Waals surface area contributed by atoms with Gasteiger partial charge in [-0.05, 0) is 48.4 Å². The Labute approximate surface area is 182 Å². The second kappa shape index (κ2) is 11.3. The summed E-state index contributed by atoms with van der Waals surface area (Å²) >= 11 is 0. The minimum absolute atomic E-state index is 0.246. The van der Waals surface area contributed by atoms with Gasteiger partial charge in [-0.25, -0.2) is 9.18 Å². The molecule has 0 unspecified atom stereocenters. The quantitative estimate of drug-likeness (QED) is 0.603. The lowest BCUT2D eigenvalue weighted by Crippen LogP contribution is -2.47. The molecule has 3 rings (SSSR count). The molecule has 1 aliphatic rings. The van der Waals surface area contributed by atoms with Crippen molar-refractivity contribution >= 4 is 23.3 Å². The van der Waals surface area contributed by atoms with E-state index in [-0.39, 0.29) is 18.3 Å². The molecule has 1 fully saturated rings. The highest BCUT2D eigenvalue weighted by atomic mass is 19.1. The number of carbonyl (C=O) groups is 2. The van der Waals surface area contributed by atoms with Crippen molar-refractivity contribution in [2.24, 2.45) is 0 Å². The molecule has 0 aromatic heterocycles. The second-order valence-electron chi connectivity index (χ2n) is 7.43. The summed E-state index contributed by atoms with van der Waals surface area (Å²) in [5.41, 5.74) is 2.54. The lowest BCUT2D eigenvalue weighted by atomic mass is 10.1. The Balaban J connectivity index is 1.51. The molecule has 1 atom stereocenters. The molecule has 0 aliphatic carbocycles. The number of hydrogen-bond acceptors (Lipinski definition) is 4. The third-order valence-corrected chi connectivity index (χ3v) is 5.08. The van der Waals surface area contributed by atoms with Gasteiger partial charge >= 0.3 is 6.03 Å². The van der Waals surface area contributed by atoms with Crippen LogP contribution in [0.2, 0.25) is 0 Å². The van der Waals surface area contributed by atoms with Crippen LogP contribution in [0.1, 0.15) is 25.3 Å². The Bertz CT molecular complexity index is 852. The van der Waals surface area contributed by atoms with E-state index in [4.69, 9.17) is 4.74 Å². The minimum atomic E-state index is -0.655. The van der Waals surface area contributed by atoms with Crippen molar-refractivity contribution in [2.75, 3.05) is 36.5 Å². The van der Waals surface area contributed by atoms with E-state index in [1.165, 1.54) is 12.1 Å². The van der Waals surface area contributed by atoms with E-state index in [1.54, 1.807) is 12.1 Å². The monoisotopic (exact) mass is 428 g/mol. The number of ether oxygens (including phenoxy) is 1. The van der Waals surface area contributed by atoms with Gasteiger partial charge in [0, 0.05) is 31.0 Å². The van der Waals surface area contributed by atoms with Crippen LogP contribution in [0, 0.1) is 5.82 Å². The molecule has 1 saturated heterocycles. The molecule has 166 valence electrons. The minimum Gasteiger partial charge on any atom is -0.378 e. The van der Waals surface area contributed by atoms with Gasteiger partial charge in [-0.3, -0.25) is 4.79 Å². The van der Waals surface area contributed by atoms with Crippen LogP contribution < -0.4 is 20.9 Å². The maximum atomic E-state index is 13.0. The van der Waals surface area contributed by atoms with E-state index in [9.17, 15) is 14.0 Å². The molecule has 2 aromatic carbocycles. The smallest absolute Gasteiger partial charge is 0.315 e. The first-order valence-corrected chi connectivity index (χ1v) is 10.6. The molecule has 8 heteroatoms. The normalized spacial score (nSPS) is 14.6. The number of halogens is 1. The molecule has 3 amide bonds. The Morgan fingerprint density at radius 2 is 1.74 bits per heavy atom. The van der Waals surface area contributed by atoms with Crippen molar-refractivity contribution in [3.63, 3.8) is 0 Å². The van der Waals surface area contributed by atoms with Crippen molar-refractivity contribution in [1.82, 2.24) is 10.6 Å². The van der Waals surface area contributed by atoms with Gasteiger partial charge in [-0.1, -0.05) is 25.5 Å². The average molecular weight is 429 g/mol. The molecule has 1 aliphatic heterocycles. The average Bonchev–Trinajstić information content (AvgIpc) is 2.79. The van der Waals surface area contributed by atoms with E-state index < -0.39 is 12.1 Å². The highest BCUT2D eigenvalue weighted by Gasteiger charge is 2.20. The van der Waals surface area contributed by atoms with Crippen LogP contribution in [0.3, 0.4) is 0 Å². The van der Waals surface area contributed by atoms with Gasteiger partial charge in [-0.15, -0.1) is 0 Å². The fourth-order valence-corrected chi connectivity index (χ4v) is 3.36. The summed E-state index contributed by atoms with van der Waals surface area (Å²) < 4.78 is 18.3. The zero-order valence-corrected chi connectivity index (χ0v) is 17.7. The van der Waals surface area contributed by atoms with Crippen LogP contribution in [0.15, 0.2) is 48.5 Å². The topological polar surface area (TPSA) is 82.7 Å². The lowest BCUT2D eigenvalue weighted by molar-refractivity contribution is -0.118. The predicted octanol–water partition coefficient (Wildman–Crippen LogP) is 3.27. The van der Waals surface area contributed by atoms with E-state index in [1.807, 2.05) is 31.2 Å². The van der Waals surface area contributed by atoms with Gasteiger partial charge in [0.25, 0.3) is 0 Å². The third-order valence-electron chi connectivity index (χ3n) is 5.08. The fourth-order valence-electron chi connectivity index (χ4n) is 3.36. The highest BCUT2D eigenvalue weighted by molar-refractivity contribution is 5.97. The number of benzene rings is 2. The molecular weight excluding hydrogens is 399 g/mol. The Hall–Kier alpha value is -3.13. The molecular formula is C23H29FN4O3. The highest BCUT2D eigenvalue weighted by Crippen LogP contribution is 2.19. The maximum absolute atomic E-state index is 13.0. The number of nitrogens with one attached hydrogen (secondary N) is 3. The second-order valence-corrected chi connectivity index (χ2v) is 7.43. The summed E-state index contributed by atoms with van der Waals surface area (Å²) in [6.07, 6.45) is 1.26. The molecule has 2 aromatic rings. The molecule has 3 N–H and O–H groups in total. The molecule has 1 heterocycles. The van der Waals surface area contributed by atoms with Crippen molar-refractivity contribution in [3.05, 3.63) is 59.9 Å². The van der Waals surface area contributed by atoms with Gasteiger partial charge < -0.3 is 25.6 Å². The van der Waals surface area contributed by atoms with Crippen LogP contribution in [-0.2, 0) is 16.1 Å². The van der Waals surface area contributed by atoms with Crippen molar-refractivity contribution in [2.45, 2.75) is 32.4 Å². The van der Waals surface area contributed by atoms with Crippen LogP contribution in [0.4, 0.5) is 20.6 Å². The van der Waals surface area contributed by atoms with E-state index >= 15 is 0 Å². The largest absolute Gasteiger partial charge is 0.378 e. The summed E-state index contributed by atoms with van der Waals surface area (Å²) in [5, 5.41) is 8.30. The van der Waals surface area contributed by atoms with Gasteiger partial charge in [0.15, 0.2) is 0 Å². The van der Waals surface area contributed by atoms with Gasteiger partial charge in [0.1, 0.15) is 11.9 Å². The van der Waals surface area contributed by atoms with Crippen molar-refractivity contribution in [1.29, 1.82) is 0 Å². The van der Waals surface area contributed by atoms with E-state index in [2.05, 4.69) is 20.9 Å². The summed E-state index contributed by atoms with van der Waals surface area (Å²) in [6.45, 7) is 5.33. The number of anilines is 2. The summed E-state index contributed by atoms with van der Waals surface area (Å²) in [4.78, 5) is 27.2. The third kappa shape index (κ3) is 6.96. The lowest BCUT2D eigenvalue weighted by Gasteiger charge is -2.29. The summed E-state index contributed by atoms with van der Waals surface area (Å²) in [5.74, 6) is -0.594. The van der Waals surface area contributed by atoms with Gasteiger partial charge in [0.05, 0.1) is 13.2 Å². The Morgan fingerprint density at radius 3 is 2.39 bits per heavy atom.